The molecule has 1 amide bonds. The maximum atomic E-state index is 13.7. The summed E-state index contributed by atoms with van der Waals surface area (Å²) >= 11 is 0. The molecule has 178 valence electrons. The summed E-state index contributed by atoms with van der Waals surface area (Å²) in [6.07, 6.45) is 0.753. The Kier molecular flexibility index (Phi) is 7.19. The van der Waals surface area contributed by atoms with E-state index in [1.807, 2.05) is 48.5 Å². The van der Waals surface area contributed by atoms with Crippen molar-refractivity contribution in [1.82, 2.24) is 9.21 Å². The quantitative estimate of drug-likeness (QED) is 0.493. The van der Waals surface area contributed by atoms with E-state index >= 15 is 0 Å². The largest absolute Gasteiger partial charge is 0.493 e. The van der Waals surface area contributed by atoms with Crippen molar-refractivity contribution in [2.75, 3.05) is 27.3 Å². The van der Waals surface area contributed by atoms with Crippen molar-refractivity contribution < 1.29 is 22.7 Å². The Morgan fingerprint density at radius 1 is 0.912 bits per heavy atom. The standard InChI is InChI=1S/C26H28N2O5S/c1-32-24-13-12-23(16-25(24)33-2)34(30,31)28(17-20-8-4-3-5-9-20)19-26(29)27-15-14-21-10-6-7-11-22(21)18-27/h3-13,16H,14-15,17-19H2,1-2H3. The van der Waals surface area contributed by atoms with Crippen LogP contribution in [0.15, 0.2) is 77.7 Å². The van der Waals surface area contributed by atoms with Crippen LogP contribution in [0.2, 0.25) is 0 Å². The molecule has 1 aliphatic heterocycles. The Hall–Kier alpha value is -3.36. The molecule has 0 saturated carbocycles. The summed E-state index contributed by atoms with van der Waals surface area (Å²) < 4.78 is 39.1. The van der Waals surface area contributed by atoms with Gasteiger partial charge in [0.05, 0.1) is 25.7 Å². The van der Waals surface area contributed by atoms with Gasteiger partial charge < -0.3 is 14.4 Å². The van der Waals surface area contributed by atoms with Gasteiger partial charge in [-0.05, 0) is 35.2 Å². The number of carbonyl (C=O) groups excluding carboxylic acids is 1. The second kappa shape index (κ2) is 10.3. The van der Waals surface area contributed by atoms with Gasteiger partial charge in [0.15, 0.2) is 11.5 Å². The highest BCUT2D eigenvalue weighted by Crippen LogP contribution is 2.31. The average Bonchev–Trinajstić information content (AvgIpc) is 2.88. The van der Waals surface area contributed by atoms with E-state index in [9.17, 15) is 13.2 Å². The Balaban J connectivity index is 1.62. The molecule has 3 aromatic rings. The zero-order valence-corrected chi connectivity index (χ0v) is 20.1. The molecule has 3 aromatic carbocycles. The third-order valence-electron chi connectivity index (χ3n) is 5.99. The fourth-order valence-corrected chi connectivity index (χ4v) is 5.49. The number of carbonyl (C=O) groups is 1. The molecule has 0 aliphatic carbocycles. The third-order valence-corrected chi connectivity index (χ3v) is 7.78. The molecule has 0 bridgehead atoms. The van der Waals surface area contributed by atoms with Gasteiger partial charge in [-0.25, -0.2) is 8.42 Å². The van der Waals surface area contributed by atoms with Crippen molar-refractivity contribution in [2.45, 2.75) is 24.4 Å². The zero-order valence-electron chi connectivity index (χ0n) is 19.3. The van der Waals surface area contributed by atoms with Crippen molar-refractivity contribution in [3.8, 4) is 11.5 Å². The molecule has 0 atom stereocenters. The van der Waals surface area contributed by atoms with E-state index in [1.165, 1.54) is 36.2 Å². The van der Waals surface area contributed by atoms with Crippen molar-refractivity contribution in [2.24, 2.45) is 0 Å². The summed E-state index contributed by atoms with van der Waals surface area (Å²) in [6, 6.07) is 21.7. The molecule has 8 heteroatoms. The van der Waals surface area contributed by atoms with Gasteiger partial charge in [-0.1, -0.05) is 54.6 Å². The highest BCUT2D eigenvalue weighted by atomic mass is 32.2. The number of rotatable bonds is 8. The topological polar surface area (TPSA) is 76.2 Å². The monoisotopic (exact) mass is 480 g/mol. The van der Waals surface area contributed by atoms with Gasteiger partial charge in [-0.15, -0.1) is 0 Å². The van der Waals surface area contributed by atoms with Gasteiger partial charge in [0.2, 0.25) is 15.9 Å². The second-order valence-corrected chi connectivity index (χ2v) is 10.0. The molecule has 0 N–H and O–H groups in total. The molecule has 0 unspecified atom stereocenters. The van der Waals surface area contributed by atoms with E-state index < -0.39 is 10.0 Å². The predicted molar refractivity (Wildman–Crippen MR) is 129 cm³/mol. The number of hydrogen-bond donors (Lipinski definition) is 0. The molecule has 0 saturated heterocycles. The minimum atomic E-state index is -4.00. The summed E-state index contributed by atoms with van der Waals surface area (Å²) in [7, 11) is -1.06. The van der Waals surface area contributed by atoms with Crippen molar-refractivity contribution >= 4 is 15.9 Å². The van der Waals surface area contributed by atoms with Crippen LogP contribution in [0.25, 0.3) is 0 Å². The smallest absolute Gasteiger partial charge is 0.243 e. The number of nitrogens with zero attached hydrogens (tertiary/aromatic N) is 2. The number of methoxy groups -OCH3 is 2. The zero-order chi connectivity index (χ0) is 24.1. The van der Waals surface area contributed by atoms with Gasteiger partial charge >= 0.3 is 0 Å². The first kappa shape index (κ1) is 23.8. The van der Waals surface area contributed by atoms with Gasteiger partial charge in [-0.3, -0.25) is 4.79 Å². The van der Waals surface area contributed by atoms with Crippen LogP contribution < -0.4 is 9.47 Å². The summed E-state index contributed by atoms with van der Waals surface area (Å²) in [5.41, 5.74) is 3.12. The van der Waals surface area contributed by atoms with Gasteiger partial charge in [0, 0.05) is 25.7 Å². The molecule has 0 spiro atoms. The van der Waals surface area contributed by atoms with Crippen molar-refractivity contribution in [3.05, 3.63) is 89.5 Å². The number of amides is 1. The molecule has 0 fully saturated rings. The molecule has 1 aliphatic rings. The van der Waals surface area contributed by atoms with Crippen LogP contribution in [0.1, 0.15) is 16.7 Å². The highest BCUT2D eigenvalue weighted by Gasteiger charge is 2.30. The lowest BCUT2D eigenvalue weighted by Gasteiger charge is -2.31. The molecule has 0 aromatic heterocycles. The van der Waals surface area contributed by atoms with E-state index in [0.717, 1.165) is 17.5 Å². The second-order valence-electron chi connectivity index (χ2n) is 8.11. The summed E-state index contributed by atoms with van der Waals surface area (Å²) in [5.74, 6) is 0.510. The molecule has 7 nitrogen and oxygen atoms in total. The maximum Gasteiger partial charge on any atom is 0.243 e. The molecular formula is C26H28N2O5S. The SMILES string of the molecule is COc1ccc(S(=O)(=O)N(CC(=O)N2CCc3ccccc3C2)Cc2ccccc2)cc1OC. The Bertz CT molecular complexity index is 1260. The molecule has 34 heavy (non-hydrogen) atoms. The van der Waals surface area contributed by atoms with E-state index in [2.05, 4.69) is 6.07 Å². The lowest BCUT2D eigenvalue weighted by Crippen LogP contribution is -2.44. The van der Waals surface area contributed by atoms with Crippen LogP contribution in [0.3, 0.4) is 0 Å². The van der Waals surface area contributed by atoms with E-state index in [0.29, 0.717) is 24.6 Å². The van der Waals surface area contributed by atoms with E-state index in [-0.39, 0.29) is 23.9 Å². The molecule has 1 heterocycles. The number of benzene rings is 3. The van der Waals surface area contributed by atoms with E-state index in [4.69, 9.17) is 9.47 Å². The van der Waals surface area contributed by atoms with E-state index in [1.54, 1.807) is 11.0 Å². The van der Waals surface area contributed by atoms with Crippen molar-refractivity contribution in [1.29, 1.82) is 0 Å². The number of fused-ring (bicyclic) bond motifs is 1. The summed E-state index contributed by atoms with van der Waals surface area (Å²) in [6.45, 7) is 0.859. The minimum absolute atomic E-state index is 0.0397. The number of ether oxygens (including phenoxy) is 2. The molecular weight excluding hydrogens is 452 g/mol. The van der Waals surface area contributed by atoms with Gasteiger partial charge in [0.25, 0.3) is 0 Å². The van der Waals surface area contributed by atoms with Crippen LogP contribution in [0.4, 0.5) is 0 Å². The normalized spacial score (nSPS) is 13.4. The van der Waals surface area contributed by atoms with Crippen LogP contribution >= 0.6 is 0 Å². The first-order valence-electron chi connectivity index (χ1n) is 11.0. The molecule has 0 radical (unpaired) electrons. The fraction of sp³-hybridized carbons (Fsp3) is 0.269. The molecule has 4 rings (SSSR count). The van der Waals surface area contributed by atoms with Crippen LogP contribution in [-0.4, -0.2) is 50.8 Å². The van der Waals surface area contributed by atoms with Crippen LogP contribution in [0, 0.1) is 0 Å². The highest BCUT2D eigenvalue weighted by molar-refractivity contribution is 7.89. The number of hydrogen-bond acceptors (Lipinski definition) is 5. The first-order valence-corrected chi connectivity index (χ1v) is 12.5. The Morgan fingerprint density at radius 2 is 1.59 bits per heavy atom. The van der Waals surface area contributed by atoms with Crippen LogP contribution in [-0.2, 0) is 34.3 Å². The van der Waals surface area contributed by atoms with Gasteiger partial charge in [0.1, 0.15) is 0 Å². The minimum Gasteiger partial charge on any atom is -0.493 e. The first-order chi connectivity index (χ1) is 16.4. The fourth-order valence-electron chi connectivity index (χ4n) is 4.10. The Morgan fingerprint density at radius 3 is 2.29 bits per heavy atom. The Labute approximate surface area is 200 Å². The third kappa shape index (κ3) is 5.08. The van der Waals surface area contributed by atoms with Crippen LogP contribution in [0.5, 0.6) is 11.5 Å². The maximum absolute atomic E-state index is 13.7. The van der Waals surface area contributed by atoms with Gasteiger partial charge in [-0.2, -0.15) is 4.31 Å². The lowest BCUT2D eigenvalue weighted by molar-refractivity contribution is -0.132. The average molecular weight is 481 g/mol. The predicted octanol–water partition coefficient (Wildman–Crippen LogP) is 3.48. The number of sulfonamides is 1. The summed E-state index contributed by atoms with van der Waals surface area (Å²) in [4.78, 5) is 15.1. The summed E-state index contributed by atoms with van der Waals surface area (Å²) in [5, 5.41) is 0. The van der Waals surface area contributed by atoms with Crippen molar-refractivity contribution in [3.63, 3.8) is 0 Å². The lowest BCUT2D eigenvalue weighted by atomic mass is 10.00.